The van der Waals surface area contributed by atoms with Crippen molar-refractivity contribution in [2.45, 2.75) is 38.1 Å². The van der Waals surface area contributed by atoms with Crippen molar-refractivity contribution < 1.29 is 4.79 Å². The number of hydrogen-bond acceptors (Lipinski definition) is 3. The average molecular weight is 359 g/mol. The van der Waals surface area contributed by atoms with E-state index in [9.17, 15) is 4.79 Å². The third-order valence-corrected chi connectivity index (χ3v) is 6.48. The minimum atomic E-state index is -0.704. The standard InChI is InChI=1S/C23H25N3O/c1-17(27)25-23(18-9-3-2-4-10-18)19-11-5-6-12-20(19)26-16-22(13-7-8-14-22)15-24-21(23)26/h2-6,9-12H,7-8,13-16H2,1H3,(H,25,27). The highest BCUT2D eigenvalue weighted by molar-refractivity contribution is 6.15. The molecule has 2 aliphatic heterocycles. The van der Waals surface area contributed by atoms with E-state index < -0.39 is 5.54 Å². The predicted octanol–water partition coefficient (Wildman–Crippen LogP) is 3.86. The highest BCUT2D eigenvalue weighted by atomic mass is 16.1. The average Bonchev–Trinajstić information content (AvgIpc) is 3.24. The van der Waals surface area contributed by atoms with Crippen molar-refractivity contribution in [3.05, 3.63) is 65.7 Å². The van der Waals surface area contributed by atoms with Gasteiger partial charge in [-0.25, -0.2) is 0 Å². The van der Waals surface area contributed by atoms with Gasteiger partial charge in [0.05, 0.1) is 0 Å². The third-order valence-electron chi connectivity index (χ3n) is 6.48. The Morgan fingerprint density at radius 3 is 2.48 bits per heavy atom. The van der Waals surface area contributed by atoms with Crippen LogP contribution in [0.15, 0.2) is 59.6 Å². The molecular formula is C23H25N3O. The molecule has 1 aliphatic carbocycles. The molecular weight excluding hydrogens is 334 g/mol. The third kappa shape index (κ3) is 2.35. The molecule has 1 unspecified atom stereocenters. The molecule has 5 rings (SSSR count). The van der Waals surface area contributed by atoms with E-state index in [2.05, 4.69) is 46.6 Å². The van der Waals surface area contributed by atoms with Crippen molar-refractivity contribution in [2.24, 2.45) is 10.4 Å². The van der Waals surface area contributed by atoms with Crippen molar-refractivity contribution >= 4 is 17.4 Å². The van der Waals surface area contributed by atoms with Crippen LogP contribution in [0.1, 0.15) is 43.7 Å². The van der Waals surface area contributed by atoms with Crippen LogP contribution >= 0.6 is 0 Å². The van der Waals surface area contributed by atoms with Crippen LogP contribution in [0.2, 0.25) is 0 Å². The number of amides is 1. The molecule has 1 fully saturated rings. The molecule has 138 valence electrons. The van der Waals surface area contributed by atoms with Crippen LogP contribution < -0.4 is 10.2 Å². The van der Waals surface area contributed by atoms with Crippen LogP contribution in [0.25, 0.3) is 0 Å². The van der Waals surface area contributed by atoms with Gasteiger partial charge in [-0.15, -0.1) is 0 Å². The molecule has 27 heavy (non-hydrogen) atoms. The zero-order valence-electron chi connectivity index (χ0n) is 15.7. The lowest BCUT2D eigenvalue weighted by Gasteiger charge is -2.41. The van der Waals surface area contributed by atoms with Gasteiger partial charge in [0.1, 0.15) is 5.84 Å². The molecule has 1 amide bonds. The van der Waals surface area contributed by atoms with E-state index in [1.807, 2.05) is 18.2 Å². The number of carbonyl (C=O) groups is 1. The first-order chi connectivity index (χ1) is 13.1. The van der Waals surface area contributed by atoms with E-state index in [0.717, 1.165) is 30.1 Å². The first-order valence-electron chi connectivity index (χ1n) is 9.91. The van der Waals surface area contributed by atoms with Gasteiger partial charge in [0.2, 0.25) is 5.91 Å². The maximum Gasteiger partial charge on any atom is 0.218 e. The second kappa shape index (κ2) is 5.95. The lowest BCUT2D eigenvalue weighted by molar-refractivity contribution is -0.119. The predicted molar refractivity (Wildman–Crippen MR) is 108 cm³/mol. The Bertz CT molecular complexity index is 914. The molecule has 2 aromatic carbocycles. The van der Waals surface area contributed by atoms with Crippen molar-refractivity contribution in [3.63, 3.8) is 0 Å². The normalized spacial score (nSPS) is 25.1. The van der Waals surface area contributed by atoms with Gasteiger partial charge in [0, 0.05) is 36.7 Å². The van der Waals surface area contributed by atoms with Crippen LogP contribution in [0.4, 0.5) is 5.69 Å². The number of benzene rings is 2. The molecule has 0 saturated heterocycles. The number of aliphatic imine (C=N–C) groups is 1. The van der Waals surface area contributed by atoms with Gasteiger partial charge in [0.25, 0.3) is 0 Å². The molecule has 2 heterocycles. The van der Waals surface area contributed by atoms with Crippen molar-refractivity contribution in [1.29, 1.82) is 0 Å². The lowest BCUT2D eigenvalue weighted by atomic mass is 9.81. The number of carbonyl (C=O) groups excluding carboxylic acids is 1. The topological polar surface area (TPSA) is 44.7 Å². The molecule has 1 atom stereocenters. The van der Waals surface area contributed by atoms with Crippen LogP contribution in [-0.2, 0) is 10.3 Å². The summed E-state index contributed by atoms with van der Waals surface area (Å²) >= 11 is 0. The molecule has 3 aliphatic rings. The van der Waals surface area contributed by atoms with Gasteiger partial charge in [-0.3, -0.25) is 9.79 Å². The SMILES string of the molecule is CC(=O)NC1(c2ccccc2)C2=NCC3(CCCC3)CN2c2ccccc21. The summed E-state index contributed by atoms with van der Waals surface area (Å²) < 4.78 is 0. The fourth-order valence-corrected chi connectivity index (χ4v) is 5.33. The number of amidine groups is 1. The molecule has 4 nitrogen and oxygen atoms in total. The molecule has 4 heteroatoms. The Morgan fingerprint density at radius 2 is 1.74 bits per heavy atom. The maximum atomic E-state index is 12.3. The summed E-state index contributed by atoms with van der Waals surface area (Å²) in [5, 5.41) is 3.29. The summed E-state index contributed by atoms with van der Waals surface area (Å²) in [7, 11) is 0. The fourth-order valence-electron chi connectivity index (χ4n) is 5.33. The van der Waals surface area contributed by atoms with E-state index >= 15 is 0 Å². The Morgan fingerprint density at radius 1 is 1.04 bits per heavy atom. The second-order valence-corrected chi connectivity index (χ2v) is 8.25. The number of hydrogen-bond donors (Lipinski definition) is 1. The Hall–Kier alpha value is -2.62. The number of anilines is 1. The van der Waals surface area contributed by atoms with Crippen LogP contribution in [0.5, 0.6) is 0 Å². The van der Waals surface area contributed by atoms with Crippen LogP contribution in [-0.4, -0.2) is 24.8 Å². The minimum Gasteiger partial charge on any atom is -0.336 e. The first-order valence-corrected chi connectivity index (χ1v) is 9.91. The Labute approximate surface area is 160 Å². The van der Waals surface area contributed by atoms with Crippen molar-refractivity contribution in [1.82, 2.24) is 5.32 Å². The monoisotopic (exact) mass is 359 g/mol. The quantitative estimate of drug-likeness (QED) is 0.885. The summed E-state index contributed by atoms with van der Waals surface area (Å²) in [5.74, 6) is 0.932. The first kappa shape index (κ1) is 16.5. The van der Waals surface area contributed by atoms with Crippen molar-refractivity contribution in [2.75, 3.05) is 18.0 Å². The van der Waals surface area contributed by atoms with Gasteiger partial charge < -0.3 is 10.2 Å². The summed E-state index contributed by atoms with van der Waals surface area (Å²) in [4.78, 5) is 19.9. The highest BCUT2D eigenvalue weighted by Crippen LogP contribution is 2.50. The molecule has 2 aromatic rings. The lowest BCUT2D eigenvalue weighted by Crippen LogP contribution is -2.57. The van der Waals surface area contributed by atoms with E-state index in [1.165, 1.54) is 31.4 Å². The van der Waals surface area contributed by atoms with E-state index in [1.54, 1.807) is 6.92 Å². The van der Waals surface area contributed by atoms with Gasteiger partial charge in [-0.05, 0) is 24.5 Å². The number of fused-ring (bicyclic) bond motifs is 3. The smallest absolute Gasteiger partial charge is 0.218 e. The zero-order chi connectivity index (χ0) is 18.5. The Balaban J connectivity index is 1.75. The van der Waals surface area contributed by atoms with Gasteiger partial charge in [0.15, 0.2) is 5.54 Å². The number of nitrogens with one attached hydrogen (secondary N) is 1. The van der Waals surface area contributed by atoms with Gasteiger partial charge >= 0.3 is 0 Å². The summed E-state index contributed by atoms with van der Waals surface area (Å²) in [6.07, 6.45) is 5.10. The van der Waals surface area contributed by atoms with E-state index in [-0.39, 0.29) is 5.91 Å². The number of nitrogens with zero attached hydrogens (tertiary/aromatic N) is 2. The fraction of sp³-hybridized carbons (Fsp3) is 0.391. The second-order valence-electron chi connectivity index (χ2n) is 8.25. The highest BCUT2D eigenvalue weighted by Gasteiger charge is 2.54. The summed E-state index contributed by atoms with van der Waals surface area (Å²) in [6, 6.07) is 18.7. The van der Waals surface area contributed by atoms with Gasteiger partial charge in [-0.1, -0.05) is 61.4 Å². The summed E-state index contributed by atoms with van der Waals surface area (Å²) in [6.45, 7) is 3.45. The molecule has 0 aromatic heterocycles. The minimum absolute atomic E-state index is 0.0423. The van der Waals surface area contributed by atoms with E-state index in [4.69, 9.17) is 4.99 Å². The van der Waals surface area contributed by atoms with E-state index in [0.29, 0.717) is 5.41 Å². The van der Waals surface area contributed by atoms with Crippen LogP contribution in [0, 0.1) is 5.41 Å². The maximum absolute atomic E-state index is 12.3. The summed E-state index contributed by atoms with van der Waals surface area (Å²) in [5.41, 5.74) is 2.96. The van der Waals surface area contributed by atoms with Crippen LogP contribution in [0.3, 0.4) is 0 Å². The molecule has 0 bridgehead atoms. The number of para-hydroxylation sites is 1. The molecule has 1 spiro atoms. The molecule has 1 saturated carbocycles. The number of rotatable bonds is 2. The Kier molecular flexibility index (Phi) is 3.64. The molecule has 0 radical (unpaired) electrons. The zero-order valence-corrected chi connectivity index (χ0v) is 15.7. The van der Waals surface area contributed by atoms with Gasteiger partial charge in [-0.2, -0.15) is 0 Å². The van der Waals surface area contributed by atoms with Crippen molar-refractivity contribution in [3.8, 4) is 0 Å². The largest absolute Gasteiger partial charge is 0.336 e. The molecule has 1 N–H and O–H groups in total.